The first-order chi connectivity index (χ1) is 14.2. The van der Waals surface area contributed by atoms with Gasteiger partial charge in [-0.25, -0.2) is 14.8 Å². The van der Waals surface area contributed by atoms with Gasteiger partial charge in [-0.3, -0.25) is 4.79 Å². The van der Waals surface area contributed by atoms with Gasteiger partial charge in [-0.15, -0.1) is 0 Å². The maximum atomic E-state index is 12.7. The molecule has 1 aromatic heterocycles. The quantitative estimate of drug-likeness (QED) is 0.837. The van der Waals surface area contributed by atoms with Crippen LogP contribution in [0.2, 0.25) is 0 Å². The van der Waals surface area contributed by atoms with E-state index in [4.69, 9.17) is 10.00 Å². The zero-order valence-electron chi connectivity index (χ0n) is 17.5. The van der Waals surface area contributed by atoms with Crippen molar-refractivity contribution < 1.29 is 14.3 Å². The van der Waals surface area contributed by atoms with E-state index in [-0.39, 0.29) is 24.0 Å². The highest BCUT2D eigenvalue weighted by Crippen LogP contribution is 2.22. The van der Waals surface area contributed by atoms with Crippen LogP contribution in [-0.2, 0) is 4.74 Å². The molecule has 0 spiro atoms. The van der Waals surface area contributed by atoms with E-state index in [2.05, 4.69) is 21.4 Å². The molecular weight excluding hydrogens is 382 g/mol. The molecule has 0 saturated carbocycles. The molecule has 1 aromatic carbocycles. The Morgan fingerprint density at radius 2 is 2.07 bits per heavy atom. The summed E-state index contributed by atoms with van der Waals surface area (Å²) < 4.78 is 5.44. The third kappa shape index (κ3) is 5.11. The average Bonchev–Trinajstić information content (AvgIpc) is 3.07. The molecule has 1 aliphatic rings. The molecule has 0 unspecified atom stereocenters. The molecule has 156 valence electrons. The Morgan fingerprint density at radius 1 is 1.30 bits per heavy atom. The van der Waals surface area contributed by atoms with Gasteiger partial charge in [0.1, 0.15) is 5.60 Å². The van der Waals surface area contributed by atoms with E-state index >= 15 is 0 Å². The van der Waals surface area contributed by atoms with Gasteiger partial charge in [0.15, 0.2) is 0 Å². The van der Waals surface area contributed by atoms with E-state index in [1.807, 2.05) is 33.8 Å². The van der Waals surface area contributed by atoms with Crippen LogP contribution in [0.4, 0.5) is 4.79 Å². The van der Waals surface area contributed by atoms with Gasteiger partial charge in [-0.2, -0.15) is 5.26 Å². The molecule has 1 N–H and O–H groups in total. The van der Waals surface area contributed by atoms with Crippen molar-refractivity contribution in [2.24, 2.45) is 0 Å². The summed E-state index contributed by atoms with van der Waals surface area (Å²) in [6.07, 6.45) is 1.75. The van der Waals surface area contributed by atoms with Crippen LogP contribution in [0.25, 0.3) is 11.3 Å². The third-order valence-electron chi connectivity index (χ3n) is 4.68. The molecule has 2 heterocycles. The number of nitrogens with one attached hydrogen (secondary N) is 1. The maximum absolute atomic E-state index is 12.7. The topological polar surface area (TPSA) is 108 Å². The summed E-state index contributed by atoms with van der Waals surface area (Å²) >= 11 is 0. The highest BCUT2D eigenvalue weighted by atomic mass is 16.6. The first-order valence-corrected chi connectivity index (χ1v) is 9.80. The highest BCUT2D eigenvalue weighted by molar-refractivity contribution is 5.91. The minimum absolute atomic E-state index is 0.0400. The number of likely N-dealkylation sites (tertiary alicyclic amines) is 1. The van der Waals surface area contributed by atoms with Gasteiger partial charge < -0.3 is 15.0 Å². The second-order valence-electron chi connectivity index (χ2n) is 8.35. The SMILES string of the molecule is C[C@@H]1C[C@@H](NC(=O)c2nccc(-c3cccc(C#N)c3)n2)CN1C(=O)OC(C)(C)C. The fourth-order valence-corrected chi connectivity index (χ4v) is 3.34. The Balaban J connectivity index is 1.68. The van der Waals surface area contributed by atoms with Gasteiger partial charge in [0.05, 0.1) is 17.3 Å². The minimum Gasteiger partial charge on any atom is -0.444 e. The van der Waals surface area contributed by atoms with Gasteiger partial charge in [-0.1, -0.05) is 12.1 Å². The first-order valence-electron chi connectivity index (χ1n) is 9.80. The Bertz CT molecular complexity index is 993. The van der Waals surface area contributed by atoms with E-state index in [1.165, 1.54) is 6.20 Å². The molecule has 30 heavy (non-hydrogen) atoms. The second kappa shape index (κ2) is 8.49. The summed E-state index contributed by atoms with van der Waals surface area (Å²) in [6, 6.07) is 10.5. The van der Waals surface area contributed by atoms with Crippen LogP contribution in [0.15, 0.2) is 36.5 Å². The molecule has 2 amide bonds. The number of carbonyl (C=O) groups is 2. The normalized spacial score (nSPS) is 18.6. The molecule has 1 aliphatic heterocycles. The van der Waals surface area contributed by atoms with Gasteiger partial charge in [0.2, 0.25) is 5.82 Å². The lowest BCUT2D eigenvalue weighted by Gasteiger charge is -2.26. The number of aromatic nitrogens is 2. The lowest BCUT2D eigenvalue weighted by atomic mass is 10.1. The average molecular weight is 407 g/mol. The Hall–Kier alpha value is -3.47. The van der Waals surface area contributed by atoms with Crippen molar-refractivity contribution in [1.82, 2.24) is 20.2 Å². The van der Waals surface area contributed by atoms with E-state index in [0.717, 1.165) is 5.56 Å². The zero-order chi connectivity index (χ0) is 21.9. The highest BCUT2D eigenvalue weighted by Gasteiger charge is 2.36. The number of nitrogens with zero attached hydrogens (tertiary/aromatic N) is 4. The number of nitriles is 1. The molecule has 0 aliphatic carbocycles. The Morgan fingerprint density at radius 3 is 2.77 bits per heavy atom. The molecule has 0 bridgehead atoms. The predicted octanol–water partition coefficient (Wildman–Crippen LogP) is 3.14. The molecule has 3 rings (SSSR count). The van der Waals surface area contributed by atoms with E-state index in [9.17, 15) is 9.59 Å². The van der Waals surface area contributed by atoms with Gasteiger partial charge >= 0.3 is 6.09 Å². The fourth-order valence-electron chi connectivity index (χ4n) is 3.34. The van der Waals surface area contributed by atoms with E-state index in [0.29, 0.717) is 24.2 Å². The number of amides is 2. The van der Waals surface area contributed by atoms with E-state index < -0.39 is 11.5 Å². The van der Waals surface area contributed by atoms with Gasteiger partial charge in [0, 0.05) is 30.4 Å². The summed E-state index contributed by atoms with van der Waals surface area (Å²) in [4.78, 5) is 35.1. The van der Waals surface area contributed by atoms with Crippen LogP contribution < -0.4 is 5.32 Å². The summed E-state index contributed by atoms with van der Waals surface area (Å²) in [5.41, 5.74) is 1.23. The van der Waals surface area contributed by atoms with E-state index in [1.54, 1.807) is 29.2 Å². The van der Waals surface area contributed by atoms with Crippen LogP contribution in [0, 0.1) is 11.3 Å². The summed E-state index contributed by atoms with van der Waals surface area (Å²) in [6.45, 7) is 7.76. The Kier molecular flexibility index (Phi) is 6.01. The molecule has 2 aromatic rings. The number of hydrogen-bond donors (Lipinski definition) is 1. The van der Waals surface area contributed by atoms with Gasteiger partial charge in [0.25, 0.3) is 5.91 Å². The fraction of sp³-hybridized carbons (Fsp3) is 0.409. The number of hydrogen-bond acceptors (Lipinski definition) is 6. The first kappa shape index (κ1) is 21.2. The van der Waals surface area contributed by atoms with Gasteiger partial charge in [-0.05, 0) is 52.3 Å². The second-order valence-corrected chi connectivity index (χ2v) is 8.35. The Labute approximate surface area is 175 Å². The van der Waals surface area contributed by atoms with Crippen LogP contribution in [0.1, 0.15) is 50.3 Å². The van der Waals surface area contributed by atoms with Crippen LogP contribution in [0.3, 0.4) is 0 Å². The van der Waals surface area contributed by atoms with Crippen molar-refractivity contribution in [1.29, 1.82) is 5.26 Å². The lowest BCUT2D eigenvalue weighted by Crippen LogP contribution is -2.41. The van der Waals surface area contributed by atoms with Crippen molar-refractivity contribution in [3.05, 3.63) is 47.9 Å². The molecule has 0 radical (unpaired) electrons. The molecule has 1 saturated heterocycles. The largest absolute Gasteiger partial charge is 0.444 e. The van der Waals surface area contributed by atoms with Crippen LogP contribution in [-0.4, -0.2) is 51.1 Å². The van der Waals surface area contributed by atoms with Crippen molar-refractivity contribution in [3.63, 3.8) is 0 Å². The smallest absolute Gasteiger partial charge is 0.410 e. The maximum Gasteiger partial charge on any atom is 0.410 e. The molecule has 8 heteroatoms. The molecule has 8 nitrogen and oxygen atoms in total. The third-order valence-corrected chi connectivity index (χ3v) is 4.68. The summed E-state index contributed by atoms with van der Waals surface area (Å²) in [5, 5.41) is 12.0. The minimum atomic E-state index is -0.574. The summed E-state index contributed by atoms with van der Waals surface area (Å²) in [5.74, 6) is -0.366. The van der Waals surface area contributed by atoms with Crippen molar-refractivity contribution in [2.45, 2.75) is 51.8 Å². The number of carbonyl (C=O) groups excluding carboxylic acids is 2. The zero-order valence-corrected chi connectivity index (χ0v) is 17.5. The number of rotatable bonds is 3. The van der Waals surface area contributed by atoms with Crippen molar-refractivity contribution in [3.8, 4) is 17.3 Å². The molecule has 2 atom stereocenters. The molecular formula is C22H25N5O3. The monoisotopic (exact) mass is 407 g/mol. The predicted molar refractivity (Wildman–Crippen MR) is 110 cm³/mol. The van der Waals surface area contributed by atoms with Crippen LogP contribution >= 0.6 is 0 Å². The van der Waals surface area contributed by atoms with Crippen LogP contribution in [0.5, 0.6) is 0 Å². The number of ether oxygens (including phenoxy) is 1. The molecule has 1 fully saturated rings. The summed E-state index contributed by atoms with van der Waals surface area (Å²) in [7, 11) is 0. The standard InChI is InChI=1S/C22H25N5O3/c1-14-10-17(13-27(14)21(29)30-22(2,3)4)25-20(28)19-24-9-8-18(26-19)16-7-5-6-15(11-16)12-23/h5-9,11,14,17H,10,13H2,1-4H3,(H,25,28)/t14-,17-/m1/s1. The van der Waals surface area contributed by atoms with Crippen molar-refractivity contribution in [2.75, 3.05) is 6.54 Å². The number of benzene rings is 1. The van der Waals surface area contributed by atoms with Crippen molar-refractivity contribution >= 4 is 12.0 Å². The lowest BCUT2D eigenvalue weighted by molar-refractivity contribution is 0.0235.